The Morgan fingerprint density at radius 1 is 1.07 bits per heavy atom. The highest BCUT2D eigenvalue weighted by Crippen LogP contribution is 2.60. The molecule has 4 nitrogen and oxygen atoms in total. The summed E-state index contributed by atoms with van der Waals surface area (Å²) in [6.07, 6.45) is 1.57. The molecule has 2 rings (SSSR count). The molecule has 1 saturated carbocycles. The maximum atomic E-state index is 13.9. The lowest BCUT2D eigenvalue weighted by atomic mass is 10.1. The molecule has 8 heteroatoms. The smallest absolute Gasteiger partial charge is 0.333 e. The molecule has 0 spiro atoms. The molecule has 27 heavy (non-hydrogen) atoms. The van der Waals surface area contributed by atoms with Gasteiger partial charge in [0.15, 0.2) is 23.3 Å². The van der Waals surface area contributed by atoms with Crippen molar-refractivity contribution in [3.8, 4) is 0 Å². The van der Waals surface area contributed by atoms with E-state index in [1.807, 2.05) is 0 Å². The number of esters is 2. The fourth-order valence-corrected chi connectivity index (χ4v) is 3.08. The summed E-state index contributed by atoms with van der Waals surface area (Å²) in [5, 5.41) is 0. The monoisotopic (exact) mass is 388 g/mol. The maximum Gasteiger partial charge on any atom is 0.333 e. The first-order valence-electron chi connectivity index (χ1n) is 8.19. The topological polar surface area (TPSA) is 52.6 Å². The zero-order chi connectivity index (χ0) is 20.7. The Morgan fingerprint density at radius 3 is 2.07 bits per heavy atom. The quantitative estimate of drug-likeness (QED) is 0.331. The van der Waals surface area contributed by atoms with E-state index in [0.29, 0.717) is 5.57 Å². The van der Waals surface area contributed by atoms with Crippen LogP contribution in [0.3, 0.4) is 0 Å². The number of allylic oxidation sites excluding steroid dienone is 1. The Bertz CT molecular complexity index is 800. The Kier molecular flexibility index (Phi) is 5.68. The van der Waals surface area contributed by atoms with Crippen LogP contribution in [-0.2, 0) is 25.7 Å². The molecule has 0 amide bonds. The molecular formula is C19H20F4O4. The van der Waals surface area contributed by atoms with Gasteiger partial charge in [0.25, 0.3) is 0 Å². The molecule has 1 fully saturated rings. The lowest BCUT2D eigenvalue weighted by Gasteiger charge is -2.10. The van der Waals surface area contributed by atoms with E-state index >= 15 is 0 Å². The predicted molar refractivity (Wildman–Crippen MR) is 87.3 cm³/mol. The molecule has 148 valence electrons. The van der Waals surface area contributed by atoms with Gasteiger partial charge < -0.3 is 9.47 Å². The van der Waals surface area contributed by atoms with Gasteiger partial charge in [0.1, 0.15) is 6.61 Å². The molecule has 1 aromatic rings. The minimum atomic E-state index is -1.59. The normalized spacial score (nSPS) is 21.0. The molecule has 0 heterocycles. The van der Waals surface area contributed by atoms with E-state index in [0.717, 1.165) is 6.92 Å². The van der Waals surface area contributed by atoms with Gasteiger partial charge in [-0.1, -0.05) is 19.9 Å². The molecule has 0 saturated heterocycles. The van der Waals surface area contributed by atoms with Gasteiger partial charge in [-0.25, -0.2) is 22.4 Å². The van der Waals surface area contributed by atoms with Crippen LogP contribution in [0.2, 0.25) is 0 Å². The number of rotatable bonds is 5. The number of ether oxygens (including phenoxy) is 2. The third-order valence-electron chi connectivity index (χ3n) is 5.03. The fourth-order valence-electron chi connectivity index (χ4n) is 3.08. The highest BCUT2D eigenvalue weighted by atomic mass is 19.2. The van der Waals surface area contributed by atoms with Crippen LogP contribution in [0.1, 0.15) is 31.9 Å². The van der Waals surface area contributed by atoms with E-state index < -0.39 is 64.3 Å². The fraction of sp³-hybridized carbons (Fsp3) is 0.474. The van der Waals surface area contributed by atoms with Gasteiger partial charge in [0.2, 0.25) is 0 Å². The third kappa shape index (κ3) is 3.70. The van der Waals surface area contributed by atoms with E-state index in [1.54, 1.807) is 19.9 Å². The van der Waals surface area contributed by atoms with Gasteiger partial charge >= 0.3 is 11.9 Å². The number of methoxy groups -OCH3 is 1. The van der Waals surface area contributed by atoms with Gasteiger partial charge in [-0.2, -0.15) is 0 Å². The van der Waals surface area contributed by atoms with Crippen molar-refractivity contribution in [3.05, 3.63) is 46.0 Å². The van der Waals surface area contributed by atoms with Crippen LogP contribution in [0.4, 0.5) is 17.6 Å². The first-order chi connectivity index (χ1) is 12.4. The van der Waals surface area contributed by atoms with Crippen LogP contribution in [0.5, 0.6) is 0 Å². The summed E-state index contributed by atoms with van der Waals surface area (Å²) in [7, 11) is 1.23. The van der Waals surface area contributed by atoms with E-state index in [9.17, 15) is 27.2 Å². The third-order valence-corrected chi connectivity index (χ3v) is 5.03. The van der Waals surface area contributed by atoms with Crippen LogP contribution in [0.15, 0.2) is 11.6 Å². The number of hydrogen-bond acceptors (Lipinski definition) is 4. The van der Waals surface area contributed by atoms with E-state index in [2.05, 4.69) is 4.74 Å². The molecule has 0 unspecified atom stereocenters. The maximum absolute atomic E-state index is 13.9. The van der Waals surface area contributed by atoms with E-state index in [-0.39, 0.29) is 5.92 Å². The highest BCUT2D eigenvalue weighted by molar-refractivity contribution is 5.88. The second-order valence-electron chi connectivity index (χ2n) is 7.13. The summed E-state index contributed by atoms with van der Waals surface area (Å²) in [4.78, 5) is 23.8. The van der Waals surface area contributed by atoms with Crippen molar-refractivity contribution in [2.75, 3.05) is 7.11 Å². The van der Waals surface area contributed by atoms with E-state index in [4.69, 9.17) is 4.74 Å². The molecule has 0 aromatic heterocycles. The van der Waals surface area contributed by atoms with Crippen molar-refractivity contribution in [1.29, 1.82) is 0 Å². The lowest BCUT2D eigenvalue weighted by molar-refractivity contribution is -0.147. The van der Waals surface area contributed by atoms with Crippen LogP contribution < -0.4 is 0 Å². The SMILES string of the molecule is COC(=O)/C(C)=C/[C@@H]1[C@@H](C(=O)OCc2c(F)c(F)c(C)c(F)c2F)C1(C)C. The molecular weight excluding hydrogens is 368 g/mol. The van der Waals surface area contributed by atoms with E-state index in [1.165, 1.54) is 14.0 Å². The second-order valence-corrected chi connectivity index (χ2v) is 7.13. The van der Waals surface area contributed by atoms with Crippen molar-refractivity contribution >= 4 is 11.9 Å². The van der Waals surface area contributed by atoms with Crippen LogP contribution in [0, 0.1) is 47.4 Å². The lowest BCUT2D eigenvalue weighted by Crippen LogP contribution is -2.14. The first kappa shape index (κ1) is 20.9. The van der Waals surface area contributed by atoms with Gasteiger partial charge in [0, 0.05) is 11.1 Å². The van der Waals surface area contributed by atoms with Crippen molar-refractivity contribution < 1.29 is 36.6 Å². The number of carbonyl (C=O) groups excluding carboxylic acids is 2. The molecule has 0 N–H and O–H groups in total. The predicted octanol–water partition coefficient (Wildman–Crippen LogP) is 3.99. The van der Waals surface area contributed by atoms with Crippen molar-refractivity contribution in [3.63, 3.8) is 0 Å². The number of halogens is 4. The van der Waals surface area contributed by atoms with Crippen molar-refractivity contribution in [2.45, 2.75) is 34.3 Å². The standard InChI is InChI=1S/C19H20F4O4/c1-8(17(24)26-5)6-11-12(19(11,3)4)18(25)27-7-10-15(22)13(20)9(2)14(21)16(10)23/h6,11-12H,7H2,1-5H3/b8-6+/t11-,12+/m1/s1. The van der Waals surface area contributed by atoms with Crippen LogP contribution in [-0.4, -0.2) is 19.0 Å². The van der Waals surface area contributed by atoms with Crippen molar-refractivity contribution in [1.82, 2.24) is 0 Å². The zero-order valence-corrected chi connectivity index (χ0v) is 15.6. The second kappa shape index (κ2) is 7.32. The largest absolute Gasteiger partial charge is 0.466 e. The van der Waals surface area contributed by atoms with Crippen LogP contribution >= 0.6 is 0 Å². The highest BCUT2D eigenvalue weighted by Gasteiger charge is 2.61. The number of carbonyl (C=O) groups is 2. The van der Waals surface area contributed by atoms with Crippen molar-refractivity contribution in [2.24, 2.45) is 17.3 Å². The summed E-state index contributed by atoms with van der Waals surface area (Å²) in [5.74, 6) is -8.56. The Morgan fingerprint density at radius 2 is 1.59 bits per heavy atom. The summed E-state index contributed by atoms with van der Waals surface area (Å²) >= 11 is 0. The molecule has 1 aliphatic rings. The molecule has 1 aliphatic carbocycles. The Balaban J connectivity index is 2.15. The van der Waals surface area contributed by atoms with Gasteiger partial charge in [-0.15, -0.1) is 0 Å². The minimum absolute atomic E-state index is 0.311. The number of hydrogen-bond donors (Lipinski definition) is 0. The Labute approximate surface area is 154 Å². The molecule has 0 bridgehead atoms. The summed E-state index contributed by atoms with van der Waals surface area (Å²) in [6, 6.07) is 0. The first-order valence-corrected chi connectivity index (χ1v) is 8.19. The molecule has 1 aromatic carbocycles. The average Bonchev–Trinajstić information content (AvgIpc) is 3.17. The zero-order valence-electron chi connectivity index (χ0n) is 15.6. The summed E-state index contributed by atoms with van der Waals surface area (Å²) in [6.45, 7) is 5.02. The molecule has 2 atom stereocenters. The van der Waals surface area contributed by atoms with Gasteiger partial charge in [-0.05, 0) is 25.2 Å². The number of benzene rings is 1. The molecule has 0 radical (unpaired) electrons. The average molecular weight is 388 g/mol. The van der Waals surface area contributed by atoms with Gasteiger partial charge in [0.05, 0.1) is 18.6 Å². The van der Waals surface area contributed by atoms with Gasteiger partial charge in [-0.3, -0.25) is 4.79 Å². The Hall–Kier alpha value is -2.38. The minimum Gasteiger partial charge on any atom is -0.466 e. The summed E-state index contributed by atoms with van der Waals surface area (Å²) < 4.78 is 64.4. The van der Waals surface area contributed by atoms with Crippen LogP contribution in [0.25, 0.3) is 0 Å². The molecule has 0 aliphatic heterocycles. The summed E-state index contributed by atoms with van der Waals surface area (Å²) in [5.41, 5.74) is -2.01.